The zero-order valence-corrected chi connectivity index (χ0v) is 17.0. The van der Waals surface area contributed by atoms with Gasteiger partial charge in [-0.15, -0.1) is 0 Å². The minimum Gasteiger partial charge on any atom is -0.376 e. The van der Waals surface area contributed by atoms with E-state index in [4.69, 9.17) is 4.74 Å². The maximum Gasteiger partial charge on any atom is 0.269 e. The molecule has 2 amide bonds. The number of nitriles is 1. The summed E-state index contributed by atoms with van der Waals surface area (Å²) in [6.07, 6.45) is 1.91. The van der Waals surface area contributed by atoms with E-state index in [1.165, 1.54) is 4.57 Å². The maximum atomic E-state index is 12.6. The van der Waals surface area contributed by atoms with E-state index in [0.29, 0.717) is 35.7 Å². The van der Waals surface area contributed by atoms with Gasteiger partial charge in [-0.1, -0.05) is 12.1 Å². The fourth-order valence-electron chi connectivity index (χ4n) is 3.49. The first-order chi connectivity index (χ1) is 14.4. The topological polar surface area (TPSA) is 113 Å². The van der Waals surface area contributed by atoms with Crippen LogP contribution in [0.5, 0.6) is 0 Å². The molecule has 1 fully saturated rings. The minimum atomic E-state index is -0.507. The van der Waals surface area contributed by atoms with E-state index in [2.05, 4.69) is 10.6 Å². The molecule has 2 aromatic rings. The molecule has 2 heterocycles. The summed E-state index contributed by atoms with van der Waals surface area (Å²) in [7, 11) is 0. The Hall–Kier alpha value is -3.44. The van der Waals surface area contributed by atoms with Crippen molar-refractivity contribution in [1.82, 2.24) is 9.88 Å². The Kier molecular flexibility index (Phi) is 6.65. The number of amides is 2. The summed E-state index contributed by atoms with van der Waals surface area (Å²) < 4.78 is 6.76. The first-order valence-corrected chi connectivity index (χ1v) is 9.80. The van der Waals surface area contributed by atoms with Gasteiger partial charge in [-0.2, -0.15) is 5.26 Å². The van der Waals surface area contributed by atoms with Crippen molar-refractivity contribution in [3.05, 3.63) is 63.1 Å². The largest absolute Gasteiger partial charge is 0.376 e. The van der Waals surface area contributed by atoms with Crippen LogP contribution in [0, 0.1) is 25.2 Å². The molecule has 1 aromatic carbocycles. The molecule has 1 saturated heterocycles. The van der Waals surface area contributed by atoms with E-state index in [-0.39, 0.29) is 24.1 Å². The van der Waals surface area contributed by atoms with Crippen LogP contribution in [-0.2, 0) is 16.1 Å². The number of hydrogen-bond donors (Lipinski definition) is 2. The van der Waals surface area contributed by atoms with Crippen molar-refractivity contribution in [1.29, 1.82) is 5.26 Å². The Labute approximate surface area is 174 Å². The number of pyridine rings is 1. The lowest BCUT2D eigenvalue weighted by atomic mass is 10.1. The second-order valence-corrected chi connectivity index (χ2v) is 7.29. The number of anilines is 1. The highest BCUT2D eigenvalue weighted by Gasteiger charge is 2.19. The highest BCUT2D eigenvalue weighted by molar-refractivity contribution is 6.03. The normalized spacial score (nSPS) is 15.4. The summed E-state index contributed by atoms with van der Waals surface area (Å²) in [6, 6.07) is 10.3. The number of nitrogens with zero attached hydrogens (tertiary/aromatic N) is 2. The second kappa shape index (κ2) is 9.37. The number of nitrogens with one attached hydrogen (secondary N) is 2. The van der Waals surface area contributed by atoms with Crippen molar-refractivity contribution >= 4 is 17.5 Å². The van der Waals surface area contributed by atoms with E-state index >= 15 is 0 Å². The lowest BCUT2D eigenvalue weighted by molar-refractivity contribution is -0.116. The minimum absolute atomic E-state index is 0.0152. The molecule has 156 valence electrons. The molecular weight excluding hydrogens is 384 g/mol. The summed E-state index contributed by atoms with van der Waals surface area (Å²) in [5.41, 5.74) is 1.34. The average Bonchev–Trinajstić information content (AvgIpc) is 3.23. The lowest BCUT2D eigenvalue weighted by Gasteiger charge is -2.15. The van der Waals surface area contributed by atoms with E-state index in [9.17, 15) is 19.6 Å². The van der Waals surface area contributed by atoms with Gasteiger partial charge < -0.3 is 19.9 Å². The number of aryl methyl sites for hydroxylation is 2. The number of benzene rings is 1. The lowest BCUT2D eigenvalue weighted by Crippen LogP contribution is -2.33. The van der Waals surface area contributed by atoms with Crippen molar-refractivity contribution in [2.24, 2.45) is 0 Å². The van der Waals surface area contributed by atoms with Gasteiger partial charge in [0.05, 0.1) is 17.4 Å². The maximum absolute atomic E-state index is 12.6. The van der Waals surface area contributed by atoms with Crippen molar-refractivity contribution in [2.45, 2.75) is 39.3 Å². The molecule has 30 heavy (non-hydrogen) atoms. The SMILES string of the molecule is Cc1cc(C)n(CC(=O)Nc2ccccc2C(=O)NC[C@@H]2CCCO2)c(=O)c1C#N. The van der Waals surface area contributed by atoms with Crippen LogP contribution in [0.15, 0.2) is 35.1 Å². The number of aromatic nitrogens is 1. The molecule has 0 spiro atoms. The number of rotatable bonds is 6. The van der Waals surface area contributed by atoms with Gasteiger partial charge in [-0.05, 0) is 50.5 Å². The first kappa shape index (κ1) is 21.3. The third-order valence-electron chi connectivity index (χ3n) is 5.08. The molecule has 1 aliphatic rings. The van der Waals surface area contributed by atoms with Gasteiger partial charge in [-0.25, -0.2) is 0 Å². The summed E-state index contributed by atoms with van der Waals surface area (Å²) >= 11 is 0. The van der Waals surface area contributed by atoms with Crippen LogP contribution in [-0.4, -0.2) is 35.6 Å². The Morgan fingerprint density at radius 1 is 1.30 bits per heavy atom. The van der Waals surface area contributed by atoms with E-state index in [1.807, 2.05) is 6.07 Å². The summed E-state index contributed by atoms with van der Waals surface area (Å²) in [6.45, 7) is 4.25. The van der Waals surface area contributed by atoms with Gasteiger partial charge in [0.25, 0.3) is 11.5 Å². The molecule has 1 aliphatic heterocycles. The Balaban J connectivity index is 1.73. The van der Waals surface area contributed by atoms with Gasteiger partial charge in [-0.3, -0.25) is 14.4 Å². The standard InChI is InChI=1S/C22H24N4O4/c1-14-10-15(2)26(22(29)18(14)11-23)13-20(27)25-19-8-4-3-7-17(19)21(28)24-12-16-6-5-9-30-16/h3-4,7-8,10,16H,5-6,9,12-13H2,1-2H3,(H,24,28)(H,25,27)/t16-/m0/s1. The Bertz CT molecular complexity index is 1060. The fourth-order valence-corrected chi connectivity index (χ4v) is 3.49. The molecule has 0 aliphatic carbocycles. The third kappa shape index (κ3) is 4.75. The molecule has 0 radical (unpaired) electrons. The van der Waals surface area contributed by atoms with E-state index in [1.54, 1.807) is 44.2 Å². The molecule has 8 heteroatoms. The molecule has 2 N–H and O–H groups in total. The monoisotopic (exact) mass is 408 g/mol. The van der Waals surface area contributed by atoms with Crippen molar-refractivity contribution < 1.29 is 14.3 Å². The zero-order chi connectivity index (χ0) is 21.7. The van der Waals surface area contributed by atoms with E-state index in [0.717, 1.165) is 12.8 Å². The Morgan fingerprint density at radius 2 is 2.07 bits per heavy atom. The molecule has 8 nitrogen and oxygen atoms in total. The summed E-state index contributed by atoms with van der Waals surface area (Å²) in [5.74, 6) is -0.774. The second-order valence-electron chi connectivity index (χ2n) is 7.29. The van der Waals surface area contributed by atoms with Crippen molar-refractivity contribution in [2.75, 3.05) is 18.5 Å². The van der Waals surface area contributed by atoms with Gasteiger partial charge in [0.2, 0.25) is 5.91 Å². The summed E-state index contributed by atoms with van der Waals surface area (Å²) in [5, 5.41) is 14.7. The number of carbonyl (C=O) groups excluding carboxylic acids is 2. The first-order valence-electron chi connectivity index (χ1n) is 9.80. The average molecular weight is 408 g/mol. The van der Waals surface area contributed by atoms with Crippen molar-refractivity contribution in [3.8, 4) is 6.07 Å². The molecule has 1 aromatic heterocycles. The molecule has 1 atom stereocenters. The molecule has 0 saturated carbocycles. The Morgan fingerprint density at radius 3 is 2.77 bits per heavy atom. The van der Waals surface area contributed by atoms with Crippen LogP contribution < -0.4 is 16.2 Å². The smallest absolute Gasteiger partial charge is 0.269 e. The molecule has 0 unspecified atom stereocenters. The van der Waals surface area contributed by atoms with Crippen LogP contribution in [0.2, 0.25) is 0 Å². The van der Waals surface area contributed by atoms with Crippen LogP contribution in [0.3, 0.4) is 0 Å². The third-order valence-corrected chi connectivity index (χ3v) is 5.08. The van der Waals surface area contributed by atoms with Gasteiger partial charge in [0, 0.05) is 18.8 Å². The predicted molar refractivity (Wildman–Crippen MR) is 111 cm³/mol. The van der Waals surface area contributed by atoms with E-state index < -0.39 is 11.5 Å². The predicted octanol–water partition coefficient (Wildman–Crippen LogP) is 1.88. The summed E-state index contributed by atoms with van der Waals surface area (Å²) in [4.78, 5) is 37.7. The quantitative estimate of drug-likeness (QED) is 0.758. The molecule has 0 bridgehead atoms. The highest BCUT2D eigenvalue weighted by Crippen LogP contribution is 2.16. The van der Waals surface area contributed by atoms with Crippen LogP contribution in [0.25, 0.3) is 0 Å². The zero-order valence-electron chi connectivity index (χ0n) is 17.0. The van der Waals surface area contributed by atoms with Gasteiger partial charge in [0.15, 0.2) is 0 Å². The number of hydrogen-bond acceptors (Lipinski definition) is 5. The van der Waals surface area contributed by atoms with Crippen molar-refractivity contribution in [3.63, 3.8) is 0 Å². The molecular formula is C22H24N4O4. The van der Waals surface area contributed by atoms with Gasteiger partial charge in [0.1, 0.15) is 18.2 Å². The number of para-hydroxylation sites is 1. The number of carbonyl (C=O) groups is 2. The number of ether oxygens (including phenoxy) is 1. The van der Waals surface area contributed by atoms with Crippen LogP contribution in [0.4, 0.5) is 5.69 Å². The van der Waals surface area contributed by atoms with Crippen LogP contribution >= 0.6 is 0 Å². The fraction of sp³-hybridized carbons (Fsp3) is 0.364. The van der Waals surface area contributed by atoms with Gasteiger partial charge >= 0.3 is 0 Å². The molecule has 3 rings (SSSR count). The highest BCUT2D eigenvalue weighted by atomic mass is 16.5. The van der Waals surface area contributed by atoms with Crippen LogP contribution in [0.1, 0.15) is 40.0 Å².